The van der Waals surface area contributed by atoms with Gasteiger partial charge in [0.15, 0.2) is 0 Å². The van der Waals surface area contributed by atoms with E-state index in [4.69, 9.17) is 21.1 Å². The molecule has 110 valence electrons. The van der Waals surface area contributed by atoms with E-state index < -0.39 is 0 Å². The van der Waals surface area contributed by atoms with Gasteiger partial charge in [0.25, 0.3) is 5.91 Å². The number of amides is 1. The Hall–Kier alpha value is -2.27. The molecule has 1 amide bonds. The molecule has 0 saturated carbocycles. The van der Waals surface area contributed by atoms with Crippen LogP contribution in [0.25, 0.3) is 0 Å². The van der Waals surface area contributed by atoms with Crippen LogP contribution in [0.2, 0.25) is 5.15 Å². The Kier molecular flexibility index (Phi) is 4.65. The third-order valence-electron chi connectivity index (χ3n) is 2.91. The Morgan fingerprint density at radius 3 is 2.29 bits per heavy atom. The highest BCUT2D eigenvalue weighted by Crippen LogP contribution is 2.24. The summed E-state index contributed by atoms with van der Waals surface area (Å²) in [5, 5.41) is 3.17. The first-order valence-electron chi connectivity index (χ1n) is 6.21. The minimum Gasteiger partial charge on any atom is -0.497 e. The van der Waals surface area contributed by atoms with Crippen molar-refractivity contribution in [1.29, 1.82) is 0 Å². The van der Waals surface area contributed by atoms with Gasteiger partial charge >= 0.3 is 0 Å². The molecule has 0 radical (unpaired) electrons. The molecule has 6 heteroatoms. The monoisotopic (exact) mass is 306 g/mol. The van der Waals surface area contributed by atoms with E-state index in [0.717, 1.165) is 0 Å². The molecule has 0 saturated heterocycles. The van der Waals surface area contributed by atoms with Crippen LogP contribution in [-0.2, 0) is 0 Å². The van der Waals surface area contributed by atoms with Gasteiger partial charge in [-0.25, -0.2) is 4.98 Å². The molecule has 2 rings (SSSR count). The van der Waals surface area contributed by atoms with Crippen LogP contribution in [0.15, 0.2) is 30.3 Å². The molecule has 5 nitrogen and oxygen atoms in total. The normalized spacial score (nSPS) is 10.1. The van der Waals surface area contributed by atoms with Gasteiger partial charge in [-0.2, -0.15) is 0 Å². The summed E-state index contributed by atoms with van der Waals surface area (Å²) in [4.78, 5) is 16.4. The Bertz CT molecular complexity index is 652. The quantitative estimate of drug-likeness (QED) is 0.880. The van der Waals surface area contributed by atoms with Crippen LogP contribution in [0, 0.1) is 6.92 Å². The van der Waals surface area contributed by atoms with E-state index in [2.05, 4.69) is 10.3 Å². The maximum atomic E-state index is 12.3. The Balaban J connectivity index is 2.27. The maximum absolute atomic E-state index is 12.3. The van der Waals surface area contributed by atoms with Crippen molar-refractivity contribution in [3.63, 3.8) is 0 Å². The van der Waals surface area contributed by atoms with Gasteiger partial charge in [0.1, 0.15) is 16.7 Å². The minimum atomic E-state index is -0.278. The van der Waals surface area contributed by atoms with Crippen molar-refractivity contribution in [1.82, 2.24) is 4.98 Å². The maximum Gasteiger partial charge on any atom is 0.255 e. The lowest BCUT2D eigenvalue weighted by Gasteiger charge is -2.10. The van der Waals surface area contributed by atoms with Gasteiger partial charge in [0.05, 0.1) is 25.6 Å². The van der Waals surface area contributed by atoms with E-state index in [1.165, 1.54) is 14.2 Å². The topological polar surface area (TPSA) is 60.5 Å². The summed E-state index contributed by atoms with van der Waals surface area (Å²) in [5.41, 5.74) is 1.68. The number of methoxy groups -OCH3 is 2. The lowest BCUT2D eigenvalue weighted by molar-refractivity contribution is 0.102. The SMILES string of the molecule is COc1cc(OC)cc(C(=O)Nc2ccc(Cl)nc2C)c1. The summed E-state index contributed by atoms with van der Waals surface area (Å²) >= 11 is 5.79. The third-order valence-corrected chi connectivity index (χ3v) is 3.12. The fourth-order valence-electron chi connectivity index (χ4n) is 1.80. The van der Waals surface area contributed by atoms with Gasteiger partial charge in [-0.1, -0.05) is 11.6 Å². The molecular weight excluding hydrogens is 292 g/mol. The third kappa shape index (κ3) is 3.64. The number of rotatable bonds is 4. The molecule has 21 heavy (non-hydrogen) atoms. The standard InChI is InChI=1S/C15H15ClN2O3/c1-9-13(4-5-14(16)17-9)18-15(19)10-6-11(20-2)8-12(7-10)21-3/h4-8H,1-3H3,(H,18,19). The molecule has 0 spiro atoms. The molecule has 2 aromatic rings. The molecule has 0 aliphatic carbocycles. The van der Waals surface area contributed by atoms with Crippen LogP contribution >= 0.6 is 11.6 Å². The first-order valence-corrected chi connectivity index (χ1v) is 6.59. The number of carbonyl (C=O) groups excluding carboxylic acids is 1. The second kappa shape index (κ2) is 6.45. The summed E-state index contributed by atoms with van der Waals surface area (Å²) in [5.74, 6) is 0.815. The van der Waals surface area contributed by atoms with Crippen molar-refractivity contribution in [3.8, 4) is 11.5 Å². The second-order valence-corrected chi connectivity index (χ2v) is 4.71. The summed E-state index contributed by atoms with van der Waals surface area (Å²) in [6, 6.07) is 8.30. The van der Waals surface area contributed by atoms with Crippen LogP contribution in [0.5, 0.6) is 11.5 Å². The van der Waals surface area contributed by atoms with Crippen molar-refractivity contribution >= 4 is 23.2 Å². The van der Waals surface area contributed by atoms with Gasteiger partial charge in [0.2, 0.25) is 0 Å². The Labute approximate surface area is 127 Å². The predicted molar refractivity (Wildman–Crippen MR) is 81.5 cm³/mol. The number of nitrogens with one attached hydrogen (secondary N) is 1. The number of hydrogen-bond donors (Lipinski definition) is 1. The van der Waals surface area contributed by atoms with E-state index in [1.54, 1.807) is 37.3 Å². The number of halogens is 1. The zero-order valence-electron chi connectivity index (χ0n) is 11.9. The highest BCUT2D eigenvalue weighted by atomic mass is 35.5. The number of nitrogens with zero attached hydrogens (tertiary/aromatic N) is 1. The molecule has 1 aromatic heterocycles. The molecule has 1 heterocycles. The highest BCUT2D eigenvalue weighted by molar-refractivity contribution is 6.29. The molecule has 0 aliphatic rings. The average Bonchev–Trinajstić information content (AvgIpc) is 2.49. The van der Waals surface area contributed by atoms with E-state index >= 15 is 0 Å². The van der Waals surface area contributed by atoms with Crippen molar-refractivity contribution in [3.05, 3.63) is 46.7 Å². The van der Waals surface area contributed by atoms with E-state index in [0.29, 0.717) is 33.6 Å². The molecule has 0 aliphatic heterocycles. The molecule has 1 aromatic carbocycles. The second-order valence-electron chi connectivity index (χ2n) is 4.32. The van der Waals surface area contributed by atoms with Crippen molar-refractivity contribution < 1.29 is 14.3 Å². The number of ether oxygens (including phenoxy) is 2. The summed E-state index contributed by atoms with van der Waals surface area (Å²) < 4.78 is 10.3. The number of pyridine rings is 1. The molecule has 0 fully saturated rings. The van der Waals surface area contributed by atoms with Crippen molar-refractivity contribution in [2.75, 3.05) is 19.5 Å². The lowest BCUT2D eigenvalue weighted by Crippen LogP contribution is -2.13. The molecule has 0 unspecified atom stereocenters. The molecule has 0 bridgehead atoms. The smallest absolute Gasteiger partial charge is 0.255 e. The van der Waals surface area contributed by atoms with E-state index in [-0.39, 0.29) is 5.91 Å². The summed E-state index contributed by atoms with van der Waals surface area (Å²) in [6.07, 6.45) is 0. The number of benzene rings is 1. The minimum absolute atomic E-state index is 0.278. The van der Waals surface area contributed by atoms with Gasteiger partial charge in [-0.15, -0.1) is 0 Å². The van der Waals surface area contributed by atoms with Crippen LogP contribution in [0.4, 0.5) is 5.69 Å². The zero-order chi connectivity index (χ0) is 15.4. The Morgan fingerprint density at radius 1 is 1.14 bits per heavy atom. The van der Waals surface area contributed by atoms with E-state index in [9.17, 15) is 4.79 Å². The van der Waals surface area contributed by atoms with Crippen LogP contribution in [-0.4, -0.2) is 25.1 Å². The fourth-order valence-corrected chi connectivity index (χ4v) is 1.99. The van der Waals surface area contributed by atoms with Crippen molar-refractivity contribution in [2.45, 2.75) is 6.92 Å². The predicted octanol–water partition coefficient (Wildman–Crippen LogP) is 3.31. The Morgan fingerprint density at radius 2 is 1.76 bits per heavy atom. The number of aryl methyl sites for hydroxylation is 1. The summed E-state index contributed by atoms with van der Waals surface area (Å²) in [6.45, 7) is 1.77. The zero-order valence-corrected chi connectivity index (χ0v) is 12.7. The van der Waals surface area contributed by atoms with Crippen LogP contribution in [0.3, 0.4) is 0 Å². The molecular formula is C15H15ClN2O3. The van der Waals surface area contributed by atoms with Gasteiger partial charge in [0, 0.05) is 11.6 Å². The van der Waals surface area contributed by atoms with Gasteiger partial charge < -0.3 is 14.8 Å². The number of anilines is 1. The largest absolute Gasteiger partial charge is 0.497 e. The molecule has 0 atom stereocenters. The first-order chi connectivity index (χ1) is 10.0. The van der Waals surface area contributed by atoms with Gasteiger partial charge in [-0.05, 0) is 31.2 Å². The number of hydrogen-bond acceptors (Lipinski definition) is 4. The summed E-state index contributed by atoms with van der Waals surface area (Å²) in [7, 11) is 3.06. The van der Waals surface area contributed by atoms with Crippen LogP contribution in [0.1, 0.15) is 16.1 Å². The average molecular weight is 307 g/mol. The van der Waals surface area contributed by atoms with E-state index in [1.807, 2.05) is 0 Å². The fraction of sp³-hybridized carbons (Fsp3) is 0.200. The highest BCUT2D eigenvalue weighted by Gasteiger charge is 2.11. The number of aromatic nitrogens is 1. The van der Waals surface area contributed by atoms with Crippen LogP contribution < -0.4 is 14.8 Å². The first kappa shape index (κ1) is 15.1. The van der Waals surface area contributed by atoms with Crippen molar-refractivity contribution in [2.24, 2.45) is 0 Å². The van der Waals surface area contributed by atoms with Gasteiger partial charge in [-0.3, -0.25) is 4.79 Å². The number of carbonyl (C=O) groups is 1. The molecule has 1 N–H and O–H groups in total. The lowest BCUT2D eigenvalue weighted by atomic mass is 10.1.